The van der Waals surface area contributed by atoms with Gasteiger partial charge in [0, 0.05) is 18.8 Å². The molecule has 0 aromatic heterocycles. The molecule has 2 aromatic rings. The van der Waals surface area contributed by atoms with Crippen molar-refractivity contribution in [3.8, 4) is 0 Å². The lowest BCUT2D eigenvalue weighted by Gasteiger charge is -2.30. The third-order valence-corrected chi connectivity index (χ3v) is 4.62. The number of nitrogens with one attached hydrogen (secondary N) is 1. The number of amides is 1. The fourth-order valence-corrected chi connectivity index (χ4v) is 3.32. The monoisotopic (exact) mass is 336 g/mol. The van der Waals surface area contributed by atoms with Gasteiger partial charge in [0.1, 0.15) is 6.29 Å². The van der Waals surface area contributed by atoms with Crippen LogP contribution in [0.3, 0.4) is 0 Å². The van der Waals surface area contributed by atoms with Crippen LogP contribution in [0.1, 0.15) is 35.2 Å². The largest absolute Gasteiger partial charge is 0.371 e. The van der Waals surface area contributed by atoms with Crippen LogP contribution in [0, 0.1) is 0 Å². The maximum Gasteiger partial charge on any atom is 0.253 e. The van der Waals surface area contributed by atoms with Crippen LogP contribution in [0.2, 0.25) is 0 Å². The van der Waals surface area contributed by atoms with E-state index in [1.54, 1.807) is 0 Å². The van der Waals surface area contributed by atoms with Crippen molar-refractivity contribution in [3.63, 3.8) is 0 Å². The Labute approximate surface area is 148 Å². The molecule has 1 heterocycles. The Hall–Kier alpha value is -2.62. The number of rotatable bonds is 6. The van der Waals surface area contributed by atoms with Crippen molar-refractivity contribution in [3.05, 3.63) is 65.7 Å². The predicted octanol–water partition coefficient (Wildman–Crippen LogP) is 3.22. The predicted molar refractivity (Wildman–Crippen MR) is 100.0 cm³/mol. The van der Waals surface area contributed by atoms with Crippen molar-refractivity contribution in [1.82, 2.24) is 5.32 Å². The van der Waals surface area contributed by atoms with Gasteiger partial charge in [0.05, 0.1) is 11.6 Å². The SMILES string of the molecule is O=CC(Cc1ccccc1)NC(=O)c1ccccc1N1CCCCC1. The summed E-state index contributed by atoms with van der Waals surface area (Å²) in [5.74, 6) is -0.186. The summed E-state index contributed by atoms with van der Waals surface area (Å²) in [6.07, 6.45) is 4.87. The summed E-state index contributed by atoms with van der Waals surface area (Å²) >= 11 is 0. The molecule has 1 amide bonds. The number of piperidine rings is 1. The molecule has 0 radical (unpaired) electrons. The molecule has 1 aliphatic rings. The fraction of sp³-hybridized carbons (Fsp3) is 0.333. The Bertz CT molecular complexity index is 709. The lowest BCUT2D eigenvalue weighted by Crippen LogP contribution is -2.39. The number of carbonyl (C=O) groups excluding carboxylic acids is 2. The van der Waals surface area contributed by atoms with E-state index in [4.69, 9.17) is 0 Å². The van der Waals surface area contributed by atoms with E-state index in [9.17, 15) is 9.59 Å². The molecule has 0 saturated carbocycles. The van der Waals surface area contributed by atoms with Crippen molar-refractivity contribution in [1.29, 1.82) is 0 Å². The summed E-state index contributed by atoms with van der Waals surface area (Å²) in [4.78, 5) is 26.5. The number of benzene rings is 2. The highest BCUT2D eigenvalue weighted by Crippen LogP contribution is 2.24. The molecule has 1 aliphatic heterocycles. The molecule has 4 nitrogen and oxygen atoms in total. The molecule has 1 saturated heterocycles. The van der Waals surface area contributed by atoms with E-state index in [1.165, 1.54) is 6.42 Å². The van der Waals surface area contributed by atoms with E-state index < -0.39 is 6.04 Å². The molecule has 130 valence electrons. The summed E-state index contributed by atoms with van der Waals surface area (Å²) in [6.45, 7) is 1.96. The van der Waals surface area contributed by atoms with E-state index in [0.29, 0.717) is 12.0 Å². The van der Waals surface area contributed by atoms with Gasteiger partial charge in [0.25, 0.3) is 5.91 Å². The zero-order valence-electron chi connectivity index (χ0n) is 14.4. The molecule has 3 rings (SSSR count). The third kappa shape index (κ3) is 4.47. The number of aldehydes is 1. The summed E-state index contributed by atoms with van der Waals surface area (Å²) in [6, 6.07) is 16.9. The minimum atomic E-state index is -0.524. The van der Waals surface area contributed by atoms with E-state index >= 15 is 0 Å². The second kappa shape index (κ2) is 8.47. The molecule has 0 spiro atoms. The van der Waals surface area contributed by atoms with Gasteiger partial charge in [-0.3, -0.25) is 4.79 Å². The van der Waals surface area contributed by atoms with Gasteiger partial charge in [0.15, 0.2) is 0 Å². The third-order valence-electron chi connectivity index (χ3n) is 4.62. The van der Waals surface area contributed by atoms with Crippen LogP contribution in [0.4, 0.5) is 5.69 Å². The Balaban J connectivity index is 1.72. The van der Waals surface area contributed by atoms with Gasteiger partial charge in [0.2, 0.25) is 0 Å². The molecular formula is C21H24N2O2. The highest BCUT2D eigenvalue weighted by Gasteiger charge is 2.20. The number of hydrogen-bond acceptors (Lipinski definition) is 3. The van der Waals surface area contributed by atoms with Crippen molar-refractivity contribution in [2.45, 2.75) is 31.7 Å². The van der Waals surface area contributed by atoms with Gasteiger partial charge in [-0.05, 0) is 43.4 Å². The summed E-state index contributed by atoms with van der Waals surface area (Å²) < 4.78 is 0. The average Bonchev–Trinajstić information content (AvgIpc) is 2.69. The first-order valence-electron chi connectivity index (χ1n) is 8.92. The number of anilines is 1. The summed E-state index contributed by atoms with van der Waals surface area (Å²) in [7, 11) is 0. The second-order valence-electron chi connectivity index (χ2n) is 6.47. The average molecular weight is 336 g/mol. The summed E-state index contributed by atoms with van der Waals surface area (Å²) in [5, 5.41) is 2.88. The molecule has 1 N–H and O–H groups in total. The van der Waals surface area contributed by atoms with Gasteiger partial charge < -0.3 is 15.0 Å². The fourth-order valence-electron chi connectivity index (χ4n) is 3.32. The number of para-hydroxylation sites is 1. The Morgan fingerprint density at radius 2 is 1.68 bits per heavy atom. The zero-order chi connectivity index (χ0) is 17.5. The van der Waals surface area contributed by atoms with Crippen LogP contribution in [0.15, 0.2) is 54.6 Å². The van der Waals surface area contributed by atoms with Crippen LogP contribution >= 0.6 is 0 Å². The number of nitrogens with zero attached hydrogens (tertiary/aromatic N) is 1. The van der Waals surface area contributed by atoms with Crippen molar-refractivity contribution >= 4 is 17.9 Å². The van der Waals surface area contributed by atoms with Crippen LogP contribution in [0.5, 0.6) is 0 Å². The molecule has 0 aliphatic carbocycles. The van der Waals surface area contributed by atoms with Gasteiger partial charge in [-0.25, -0.2) is 0 Å². The number of carbonyl (C=O) groups is 2. The number of hydrogen-bond donors (Lipinski definition) is 1. The maximum absolute atomic E-state index is 12.8. The topological polar surface area (TPSA) is 49.4 Å². The summed E-state index contributed by atoms with van der Waals surface area (Å²) in [5.41, 5.74) is 2.64. The van der Waals surface area contributed by atoms with Gasteiger partial charge in [-0.2, -0.15) is 0 Å². The molecule has 2 aromatic carbocycles. The van der Waals surface area contributed by atoms with Gasteiger partial charge in [-0.15, -0.1) is 0 Å². The van der Waals surface area contributed by atoms with Gasteiger partial charge in [-0.1, -0.05) is 42.5 Å². The molecule has 0 bridgehead atoms. The molecule has 4 heteroatoms. The first-order valence-corrected chi connectivity index (χ1v) is 8.92. The van der Waals surface area contributed by atoms with E-state index in [0.717, 1.165) is 43.5 Å². The van der Waals surface area contributed by atoms with Crippen molar-refractivity contribution in [2.75, 3.05) is 18.0 Å². The normalized spacial score (nSPS) is 15.4. The van der Waals surface area contributed by atoms with E-state index in [1.807, 2.05) is 54.6 Å². The lowest BCUT2D eigenvalue weighted by atomic mass is 10.0. The van der Waals surface area contributed by atoms with Crippen LogP contribution in [-0.2, 0) is 11.2 Å². The van der Waals surface area contributed by atoms with Crippen LogP contribution in [-0.4, -0.2) is 31.3 Å². The highest BCUT2D eigenvalue weighted by atomic mass is 16.2. The molecule has 1 atom stereocenters. The zero-order valence-corrected chi connectivity index (χ0v) is 14.4. The highest BCUT2D eigenvalue weighted by molar-refractivity contribution is 6.00. The van der Waals surface area contributed by atoms with Crippen LogP contribution < -0.4 is 10.2 Å². The second-order valence-corrected chi connectivity index (χ2v) is 6.47. The molecule has 1 fully saturated rings. The lowest BCUT2D eigenvalue weighted by molar-refractivity contribution is -0.109. The molecule has 25 heavy (non-hydrogen) atoms. The first kappa shape index (κ1) is 17.2. The first-order chi connectivity index (χ1) is 12.3. The minimum Gasteiger partial charge on any atom is -0.371 e. The quantitative estimate of drug-likeness (QED) is 0.824. The van der Waals surface area contributed by atoms with E-state index in [-0.39, 0.29) is 5.91 Å². The Morgan fingerprint density at radius 1 is 1.00 bits per heavy atom. The smallest absolute Gasteiger partial charge is 0.253 e. The van der Waals surface area contributed by atoms with Gasteiger partial charge >= 0.3 is 0 Å². The minimum absolute atomic E-state index is 0.186. The molecular weight excluding hydrogens is 312 g/mol. The molecule has 1 unspecified atom stereocenters. The van der Waals surface area contributed by atoms with Crippen molar-refractivity contribution in [2.24, 2.45) is 0 Å². The maximum atomic E-state index is 12.8. The van der Waals surface area contributed by atoms with E-state index in [2.05, 4.69) is 10.2 Å². The Kier molecular flexibility index (Phi) is 5.83. The Morgan fingerprint density at radius 3 is 2.40 bits per heavy atom. The standard InChI is InChI=1S/C21H24N2O2/c24-16-18(15-17-9-3-1-4-10-17)22-21(25)19-11-5-6-12-20(19)23-13-7-2-8-14-23/h1,3-6,9-12,16,18H,2,7-8,13-15H2,(H,22,25). The van der Waals surface area contributed by atoms with Crippen LogP contribution in [0.25, 0.3) is 0 Å². The van der Waals surface area contributed by atoms with Crippen molar-refractivity contribution < 1.29 is 9.59 Å².